The van der Waals surface area contributed by atoms with Gasteiger partial charge in [-0.2, -0.15) is 0 Å². The van der Waals surface area contributed by atoms with Crippen molar-refractivity contribution in [1.29, 1.82) is 0 Å². The monoisotopic (exact) mass is 641 g/mol. The Morgan fingerprint density at radius 1 is 0.894 bits per heavy atom. The molecule has 250 valence electrons. The average molecular weight is 642 g/mol. The molecular formula is C38H47N3O6. The minimum atomic E-state index is -1.37. The summed E-state index contributed by atoms with van der Waals surface area (Å²) in [5, 5.41) is 10.8. The Hall–Kier alpha value is -3.95. The van der Waals surface area contributed by atoms with Crippen LogP contribution in [-0.2, 0) is 25.5 Å². The summed E-state index contributed by atoms with van der Waals surface area (Å²) in [6.07, 6.45) is 11.4. The van der Waals surface area contributed by atoms with Crippen molar-refractivity contribution in [3.63, 3.8) is 0 Å². The zero-order chi connectivity index (χ0) is 33.2. The van der Waals surface area contributed by atoms with Crippen LogP contribution in [-0.4, -0.2) is 88.8 Å². The maximum atomic E-state index is 15.0. The molecule has 6 rings (SSSR count). The Labute approximate surface area is 277 Å². The van der Waals surface area contributed by atoms with E-state index in [0.29, 0.717) is 50.5 Å². The quantitative estimate of drug-likeness (QED) is 0.270. The van der Waals surface area contributed by atoms with Gasteiger partial charge in [-0.3, -0.25) is 14.4 Å². The lowest BCUT2D eigenvalue weighted by Crippen LogP contribution is -2.59. The number of carbonyl (C=O) groups is 3. The van der Waals surface area contributed by atoms with Gasteiger partial charge in [-0.1, -0.05) is 81.3 Å². The lowest BCUT2D eigenvalue weighted by Gasteiger charge is -2.41. The summed E-state index contributed by atoms with van der Waals surface area (Å²) >= 11 is 0. The third-order valence-corrected chi connectivity index (χ3v) is 10.4. The molecule has 9 heteroatoms. The Morgan fingerprint density at radius 2 is 1.64 bits per heavy atom. The number of hydrogen-bond donors (Lipinski definition) is 1. The van der Waals surface area contributed by atoms with Gasteiger partial charge in [0.25, 0.3) is 0 Å². The number of ether oxygens (including phenoxy) is 2. The molecule has 2 fully saturated rings. The molecular weight excluding hydrogens is 594 g/mol. The minimum absolute atomic E-state index is 0.198. The van der Waals surface area contributed by atoms with Crippen LogP contribution in [0.25, 0.3) is 0 Å². The molecule has 0 aliphatic carbocycles. The van der Waals surface area contributed by atoms with E-state index < -0.39 is 35.1 Å². The van der Waals surface area contributed by atoms with Crippen molar-refractivity contribution in [3.8, 4) is 5.75 Å². The van der Waals surface area contributed by atoms with E-state index in [4.69, 9.17) is 9.47 Å². The molecule has 2 saturated heterocycles. The number of benzene rings is 2. The predicted octanol–water partition coefficient (Wildman–Crippen LogP) is 4.54. The van der Waals surface area contributed by atoms with Crippen LogP contribution < -0.4 is 9.64 Å². The largest absolute Gasteiger partial charge is 0.494 e. The van der Waals surface area contributed by atoms with Gasteiger partial charge >= 0.3 is 0 Å². The molecule has 0 radical (unpaired) electrons. The number of carbonyl (C=O) groups excluding carboxylic acids is 3. The van der Waals surface area contributed by atoms with Crippen LogP contribution in [0.15, 0.2) is 78.9 Å². The van der Waals surface area contributed by atoms with E-state index in [1.54, 1.807) is 9.80 Å². The molecule has 3 amide bonds. The number of amides is 3. The van der Waals surface area contributed by atoms with Crippen LogP contribution in [0.2, 0.25) is 0 Å². The van der Waals surface area contributed by atoms with E-state index in [0.717, 1.165) is 24.8 Å². The van der Waals surface area contributed by atoms with Crippen LogP contribution in [0.5, 0.6) is 5.75 Å². The first-order valence-corrected chi connectivity index (χ1v) is 17.2. The number of nitrogens with zero attached hydrogens (tertiary/aromatic N) is 3. The molecule has 4 aliphatic rings. The van der Waals surface area contributed by atoms with Crippen molar-refractivity contribution in [2.45, 2.75) is 76.2 Å². The number of unbranched alkanes of at least 4 members (excludes halogenated alkanes) is 2. The average Bonchev–Trinajstić information content (AvgIpc) is 3.39. The maximum absolute atomic E-state index is 15.0. The summed E-state index contributed by atoms with van der Waals surface area (Å²) in [7, 11) is 0. The number of aliphatic hydroxyl groups is 1. The zero-order valence-corrected chi connectivity index (χ0v) is 27.7. The fourth-order valence-corrected chi connectivity index (χ4v) is 8.15. The third-order valence-electron chi connectivity index (χ3n) is 10.4. The van der Waals surface area contributed by atoms with Gasteiger partial charge in [0.15, 0.2) is 0 Å². The summed E-state index contributed by atoms with van der Waals surface area (Å²) in [4.78, 5) is 49.7. The molecule has 1 spiro atoms. The lowest BCUT2D eigenvalue weighted by molar-refractivity contribution is -0.155. The number of aliphatic hydroxyl groups excluding tert-OH is 1. The Kier molecular flexibility index (Phi) is 9.58. The summed E-state index contributed by atoms with van der Waals surface area (Å²) < 4.78 is 12.8. The fourth-order valence-electron chi connectivity index (χ4n) is 8.15. The van der Waals surface area contributed by atoms with Crippen molar-refractivity contribution >= 4 is 23.4 Å². The van der Waals surface area contributed by atoms with E-state index in [2.05, 4.69) is 6.92 Å². The Bertz CT molecular complexity index is 1510. The van der Waals surface area contributed by atoms with Crippen molar-refractivity contribution in [2.75, 3.05) is 37.7 Å². The van der Waals surface area contributed by atoms with Crippen molar-refractivity contribution < 1.29 is 29.0 Å². The van der Waals surface area contributed by atoms with Crippen LogP contribution in [0.3, 0.4) is 0 Å². The van der Waals surface area contributed by atoms with E-state index in [9.17, 15) is 14.7 Å². The Balaban J connectivity index is 1.45. The second-order valence-corrected chi connectivity index (χ2v) is 13.1. The lowest BCUT2D eigenvalue weighted by atomic mass is 9.73. The summed E-state index contributed by atoms with van der Waals surface area (Å²) in [5.41, 5.74) is -0.819. The molecule has 47 heavy (non-hydrogen) atoms. The maximum Gasteiger partial charge on any atom is 0.249 e. The second-order valence-electron chi connectivity index (χ2n) is 13.1. The Morgan fingerprint density at radius 3 is 2.32 bits per heavy atom. The summed E-state index contributed by atoms with van der Waals surface area (Å²) in [6, 6.07) is 15.4. The first kappa shape index (κ1) is 33.0. The molecule has 0 bridgehead atoms. The molecule has 0 aromatic heterocycles. The summed E-state index contributed by atoms with van der Waals surface area (Å²) in [5.74, 6) is -1.86. The highest BCUT2D eigenvalue weighted by molar-refractivity contribution is 6.04. The molecule has 4 aliphatic heterocycles. The molecule has 6 atom stereocenters. The minimum Gasteiger partial charge on any atom is -0.494 e. The van der Waals surface area contributed by atoms with Gasteiger partial charge in [0, 0.05) is 25.3 Å². The molecule has 1 N–H and O–H groups in total. The third kappa shape index (κ3) is 5.67. The molecule has 2 aromatic rings. The number of hydrogen-bond acceptors (Lipinski definition) is 6. The molecule has 2 aromatic carbocycles. The molecule has 4 heterocycles. The van der Waals surface area contributed by atoms with Crippen LogP contribution in [0.4, 0.5) is 5.69 Å². The highest BCUT2D eigenvalue weighted by Crippen LogP contribution is 2.59. The first-order chi connectivity index (χ1) is 22.8. The van der Waals surface area contributed by atoms with Crippen molar-refractivity contribution in [1.82, 2.24) is 9.80 Å². The van der Waals surface area contributed by atoms with Crippen LogP contribution in [0, 0.1) is 11.8 Å². The van der Waals surface area contributed by atoms with Crippen molar-refractivity contribution in [3.05, 3.63) is 84.5 Å². The smallest absolute Gasteiger partial charge is 0.249 e. The number of rotatable bonds is 12. The normalized spacial score (nSPS) is 29.0. The van der Waals surface area contributed by atoms with Gasteiger partial charge in [-0.25, -0.2) is 0 Å². The standard InChI is InChI=1S/C38H47N3O6/c1-4-7-11-22-39-23-13-21-38-32(35(44)41(33(38)36(39)45)29(26-42)25-27-14-9-8-10-15-27)31-34(43)40(24-12-20-37(31,5-2)47-38)28-16-18-30(19-17-28)46-6-3/h8-10,12-21,29,31-33,42H,4-7,11,22-26H2,1-3H3/t29-,31+,32+,33?,37-,38+/m1/s1. The highest BCUT2D eigenvalue weighted by Gasteiger charge is 2.76. The van der Waals surface area contributed by atoms with Gasteiger partial charge in [0.2, 0.25) is 17.7 Å². The topological polar surface area (TPSA) is 99.6 Å². The van der Waals surface area contributed by atoms with E-state index >= 15 is 4.79 Å². The van der Waals surface area contributed by atoms with Gasteiger partial charge in [0.1, 0.15) is 17.4 Å². The van der Waals surface area contributed by atoms with E-state index in [-0.39, 0.29) is 24.3 Å². The number of anilines is 1. The highest BCUT2D eigenvalue weighted by atomic mass is 16.5. The number of fused-ring (bicyclic) bond motifs is 2. The van der Waals surface area contributed by atoms with E-state index in [1.807, 2.05) is 97.6 Å². The first-order valence-electron chi connectivity index (χ1n) is 17.2. The van der Waals surface area contributed by atoms with E-state index in [1.165, 1.54) is 0 Å². The van der Waals surface area contributed by atoms with Gasteiger partial charge in [0.05, 0.1) is 36.7 Å². The zero-order valence-electron chi connectivity index (χ0n) is 27.7. The number of likely N-dealkylation sites (tertiary alicyclic amines) is 1. The summed E-state index contributed by atoms with van der Waals surface area (Å²) in [6.45, 7) is 7.50. The van der Waals surface area contributed by atoms with Gasteiger partial charge in [-0.05, 0) is 56.0 Å². The van der Waals surface area contributed by atoms with Gasteiger partial charge < -0.3 is 29.3 Å². The fraction of sp³-hybridized carbons (Fsp3) is 0.500. The van der Waals surface area contributed by atoms with Crippen LogP contribution >= 0.6 is 0 Å². The predicted molar refractivity (Wildman–Crippen MR) is 180 cm³/mol. The molecule has 1 unspecified atom stereocenters. The SMILES string of the molecule is CCCCCN1CC=C[C@]23O[C@]4(CC)C=CCN(c5ccc(OCC)cc5)C(=O)[C@@H]4[C@H]2C(=O)N([C@@H](CO)Cc2ccccc2)C3C1=O. The second kappa shape index (κ2) is 13.6. The van der Waals surface area contributed by atoms with Crippen molar-refractivity contribution in [2.24, 2.45) is 11.8 Å². The van der Waals surface area contributed by atoms with Crippen LogP contribution in [0.1, 0.15) is 52.0 Å². The molecule has 9 nitrogen and oxygen atoms in total. The van der Waals surface area contributed by atoms with Gasteiger partial charge in [-0.15, -0.1) is 0 Å². The molecule has 0 saturated carbocycles.